The molecule has 4 rings (SSSR count). The zero-order valence-corrected chi connectivity index (χ0v) is 16.3. The van der Waals surface area contributed by atoms with Crippen molar-refractivity contribution in [3.63, 3.8) is 0 Å². The van der Waals surface area contributed by atoms with E-state index in [1.807, 2.05) is 36.4 Å². The molecule has 0 amide bonds. The molecule has 0 radical (unpaired) electrons. The number of phenolic OH excluding ortho intramolecular Hbond substituents is 1. The Balaban J connectivity index is 1.91. The summed E-state index contributed by atoms with van der Waals surface area (Å²) in [6, 6.07) is 21.4. The maximum Gasteiger partial charge on any atom is 0.159 e. The van der Waals surface area contributed by atoms with E-state index >= 15 is 0 Å². The highest BCUT2D eigenvalue weighted by Crippen LogP contribution is 2.49. The summed E-state index contributed by atoms with van der Waals surface area (Å²) in [5, 5.41) is 14.5. The smallest absolute Gasteiger partial charge is 0.159 e. The summed E-state index contributed by atoms with van der Waals surface area (Å²) in [6.45, 7) is 2.09. The lowest BCUT2D eigenvalue weighted by Gasteiger charge is -2.43. The van der Waals surface area contributed by atoms with Gasteiger partial charge in [-0.05, 0) is 30.2 Å². The number of phenols is 1. The van der Waals surface area contributed by atoms with Crippen LogP contribution in [-0.4, -0.2) is 5.11 Å². The van der Waals surface area contributed by atoms with Crippen LogP contribution in [0.2, 0.25) is 10.0 Å². The molecule has 27 heavy (non-hydrogen) atoms. The van der Waals surface area contributed by atoms with Gasteiger partial charge in [0, 0.05) is 21.8 Å². The maximum absolute atomic E-state index is 10.5. The van der Waals surface area contributed by atoms with E-state index in [1.54, 1.807) is 6.07 Å². The van der Waals surface area contributed by atoms with Crippen LogP contribution in [-0.2, 0) is 10.3 Å². The maximum atomic E-state index is 10.5. The lowest BCUT2D eigenvalue weighted by molar-refractivity contribution is -0.0733. The molecule has 0 fully saturated rings. The molecule has 1 aliphatic heterocycles. The third-order valence-corrected chi connectivity index (χ3v) is 5.55. The molecule has 3 aromatic carbocycles. The van der Waals surface area contributed by atoms with E-state index in [-0.39, 0.29) is 10.8 Å². The van der Waals surface area contributed by atoms with E-state index in [0.717, 1.165) is 23.2 Å². The highest BCUT2D eigenvalue weighted by Gasteiger charge is 2.42. The fourth-order valence-corrected chi connectivity index (χ4v) is 4.24. The minimum absolute atomic E-state index is 0.0315. The summed E-state index contributed by atoms with van der Waals surface area (Å²) in [5.41, 5.74) is 2.92. The van der Waals surface area contributed by atoms with Crippen LogP contribution in [0.25, 0.3) is 0 Å². The topological polar surface area (TPSA) is 41.5 Å². The average Bonchev–Trinajstić information content (AvgIpc) is 2.70. The lowest BCUT2D eigenvalue weighted by atomic mass is 9.81. The van der Waals surface area contributed by atoms with Gasteiger partial charge in [0.15, 0.2) is 6.23 Å². The Morgan fingerprint density at radius 2 is 1.74 bits per heavy atom. The molecule has 0 aromatic heterocycles. The average molecular weight is 400 g/mol. The van der Waals surface area contributed by atoms with E-state index < -0.39 is 11.8 Å². The predicted octanol–water partition coefficient (Wildman–Crippen LogP) is 6.49. The van der Waals surface area contributed by atoms with Gasteiger partial charge in [-0.3, -0.25) is 0 Å². The van der Waals surface area contributed by atoms with Gasteiger partial charge >= 0.3 is 0 Å². The number of para-hydroxylation sites is 1. The van der Waals surface area contributed by atoms with E-state index in [9.17, 15) is 5.11 Å². The van der Waals surface area contributed by atoms with Gasteiger partial charge < -0.3 is 15.2 Å². The van der Waals surface area contributed by atoms with Crippen LogP contribution in [0.15, 0.2) is 66.7 Å². The third kappa shape index (κ3) is 3.06. The fraction of sp³-hybridized carbons (Fsp3) is 0.182. The number of ether oxygens (including phenoxy) is 1. The van der Waals surface area contributed by atoms with Crippen molar-refractivity contribution in [2.24, 2.45) is 0 Å². The number of aromatic hydroxyl groups is 1. The second kappa shape index (κ2) is 7.08. The van der Waals surface area contributed by atoms with Crippen molar-refractivity contribution in [2.75, 3.05) is 5.32 Å². The monoisotopic (exact) mass is 399 g/mol. The Bertz CT molecular complexity index is 977. The zero-order valence-electron chi connectivity index (χ0n) is 14.7. The second-order valence-electron chi connectivity index (χ2n) is 6.56. The summed E-state index contributed by atoms with van der Waals surface area (Å²) in [6.07, 6.45) is 0.123. The predicted molar refractivity (Wildman–Crippen MR) is 110 cm³/mol. The van der Waals surface area contributed by atoms with Crippen molar-refractivity contribution < 1.29 is 9.84 Å². The summed E-state index contributed by atoms with van der Waals surface area (Å²) < 4.78 is 6.62. The van der Waals surface area contributed by atoms with Crippen molar-refractivity contribution >= 4 is 28.9 Å². The Morgan fingerprint density at radius 3 is 2.48 bits per heavy atom. The Labute approximate surface area is 168 Å². The van der Waals surface area contributed by atoms with Gasteiger partial charge in [-0.25, -0.2) is 0 Å². The van der Waals surface area contributed by atoms with Crippen molar-refractivity contribution in [2.45, 2.75) is 25.2 Å². The minimum Gasteiger partial charge on any atom is -0.506 e. The highest BCUT2D eigenvalue weighted by atomic mass is 35.5. The Morgan fingerprint density at radius 1 is 1.04 bits per heavy atom. The molecule has 0 aliphatic carbocycles. The largest absolute Gasteiger partial charge is 0.506 e. The van der Waals surface area contributed by atoms with Crippen LogP contribution < -0.4 is 5.32 Å². The van der Waals surface area contributed by atoms with Crippen LogP contribution in [0.1, 0.15) is 36.3 Å². The number of halogens is 2. The molecule has 2 atom stereocenters. The molecule has 0 spiro atoms. The third-order valence-electron chi connectivity index (χ3n) is 5.05. The number of hydrogen-bond donors (Lipinski definition) is 2. The molecule has 0 saturated carbocycles. The van der Waals surface area contributed by atoms with Gasteiger partial charge in [0.25, 0.3) is 0 Å². The first-order valence-corrected chi connectivity index (χ1v) is 9.58. The van der Waals surface area contributed by atoms with Crippen molar-refractivity contribution in [1.29, 1.82) is 0 Å². The van der Waals surface area contributed by atoms with Crippen molar-refractivity contribution in [3.05, 3.63) is 93.5 Å². The molecule has 138 valence electrons. The Hall–Kier alpha value is -2.20. The molecule has 1 heterocycles. The molecule has 0 unspecified atom stereocenters. The highest BCUT2D eigenvalue weighted by molar-refractivity contribution is 6.35. The van der Waals surface area contributed by atoms with Crippen LogP contribution in [0, 0.1) is 0 Å². The molecule has 0 saturated heterocycles. The fourth-order valence-electron chi connectivity index (χ4n) is 3.73. The first-order chi connectivity index (χ1) is 13.0. The lowest BCUT2D eigenvalue weighted by Crippen LogP contribution is -2.39. The van der Waals surface area contributed by atoms with Crippen LogP contribution in [0.3, 0.4) is 0 Å². The van der Waals surface area contributed by atoms with Crippen molar-refractivity contribution in [1.82, 2.24) is 0 Å². The van der Waals surface area contributed by atoms with E-state index in [0.29, 0.717) is 10.6 Å². The van der Waals surface area contributed by atoms with Crippen LogP contribution in [0.4, 0.5) is 5.69 Å². The van der Waals surface area contributed by atoms with E-state index in [1.165, 1.54) is 6.07 Å². The zero-order chi connectivity index (χ0) is 19.0. The summed E-state index contributed by atoms with van der Waals surface area (Å²) in [4.78, 5) is 0. The first-order valence-electron chi connectivity index (χ1n) is 8.82. The van der Waals surface area contributed by atoms with E-state index in [4.69, 9.17) is 27.9 Å². The molecular formula is C22H19Cl2NO2. The standard InChI is InChI=1S/C22H19Cl2NO2/c1-2-22(14-8-4-3-5-9-14)17-10-6-7-11-19(17)25-21(27-22)16-12-15(23)13-18(24)20(16)26/h3-13,21,25-26H,2H2,1H3/t21-,22+/m1/s1. The van der Waals surface area contributed by atoms with E-state index in [2.05, 4.69) is 30.4 Å². The first kappa shape index (κ1) is 18.2. The molecular weight excluding hydrogens is 381 g/mol. The number of hydrogen-bond acceptors (Lipinski definition) is 3. The van der Waals surface area contributed by atoms with Gasteiger partial charge in [-0.2, -0.15) is 0 Å². The second-order valence-corrected chi connectivity index (χ2v) is 7.40. The molecule has 5 heteroatoms. The van der Waals surface area contributed by atoms with Gasteiger partial charge in [0.05, 0.1) is 5.02 Å². The van der Waals surface area contributed by atoms with Gasteiger partial charge in [0.1, 0.15) is 11.4 Å². The molecule has 3 nitrogen and oxygen atoms in total. The number of fused-ring (bicyclic) bond motifs is 1. The minimum atomic E-state index is -0.658. The summed E-state index contributed by atoms with van der Waals surface area (Å²) in [7, 11) is 0. The molecule has 1 aliphatic rings. The van der Waals surface area contributed by atoms with Gasteiger partial charge in [-0.1, -0.05) is 78.7 Å². The number of benzene rings is 3. The van der Waals surface area contributed by atoms with Crippen LogP contribution >= 0.6 is 23.2 Å². The number of rotatable bonds is 3. The quantitative estimate of drug-likeness (QED) is 0.528. The van der Waals surface area contributed by atoms with Gasteiger partial charge in [-0.15, -0.1) is 0 Å². The normalized spacial score (nSPS) is 21.4. The molecule has 2 N–H and O–H groups in total. The Kier molecular flexibility index (Phi) is 4.77. The SMILES string of the molecule is CC[C@@]1(c2ccccc2)O[C@H](c2cc(Cl)cc(Cl)c2O)Nc2ccccc21. The number of nitrogens with one attached hydrogen (secondary N) is 1. The number of anilines is 1. The summed E-state index contributed by atoms with van der Waals surface area (Å²) >= 11 is 12.3. The molecule has 3 aromatic rings. The summed E-state index contributed by atoms with van der Waals surface area (Å²) in [5.74, 6) is -0.0315. The van der Waals surface area contributed by atoms with Crippen molar-refractivity contribution in [3.8, 4) is 5.75 Å². The molecule has 0 bridgehead atoms. The van der Waals surface area contributed by atoms with Crippen LogP contribution in [0.5, 0.6) is 5.75 Å². The van der Waals surface area contributed by atoms with Gasteiger partial charge in [0.2, 0.25) is 0 Å².